The Bertz CT molecular complexity index is 919. The highest BCUT2D eigenvalue weighted by atomic mass is 16.5. The van der Waals surface area contributed by atoms with Gasteiger partial charge >= 0.3 is 11.9 Å². The zero-order valence-corrected chi connectivity index (χ0v) is 18.4. The number of hydrogen-bond donors (Lipinski definition) is 2. The number of aliphatic carboxylic acids is 2. The van der Waals surface area contributed by atoms with Crippen LogP contribution in [0.25, 0.3) is 0 Å². The molecule has 0 radical (unpaired) electrons. The molecule has 1 heterocycles. The summed E-state index contributed by atoms with van der Waals surface area (Å²) in [6.45, 7) is 6.15. The molecule has 2 aromatic rings. The molecule has 2 N–H and O–H groups in total. The van der Waals surface area contributed by atoms with Crippen molar-refractivity contribution in [2.45, 2.75) is 13.5 Å². The normalized spacial score (nSPS) is 13.5. The van der Waals surface area contributed by atoms with Crippen molar-refractivity contribution in [1.82, 2.24) is 9.80 Å². The number of amides is 1. The molecular formula is C23H28N2O7. The number of ether oxygens (including phenoxy) is 2. The van der Waals surface area contributed by atoms with Crippen LogP contribution in [0.4, 0.5) is 0 Å². The molecule has 1 saturated heterocycles. The van der Waals surface area contributed by atoms with E-state index in [1.165, 1.54) is 11.1 Å². The number of carbonyl (C=O) groups excluding carboxylic acids is 1. The third kappa shape index (κ3) is 6.71. The van der Waals surface area contributed by atoms with Crippen molar-refractivity contribution in [1.29, 1.82) is 0 Å². The first kappa shape index (κ1) is 24.7. The van der Waals surface area contributed by atoms with Gasteiger partial charge in [0, 0.05) is 32.7 Å². The lowest BCUT2D eigenvalue weighted by Crippen LogP contribution is -2.48. The maximum absolute atomic E-state index is 13.0. The number of hydrogen-bond acceptors (Lipinski definition) is 6. The second-order valence-electron chi connectivity index (χ2n) is 7.21. The van der Waals surface area contributed by atoms with Crippen molar-refractivity contribution in [2.24, 2.45) is 0 Å². The molecule has 9 heteroatoms. The number of nitrogens with zero attached hydrogens (tertiary/aromatic N) is 2. The Morgan fingerprint density at radius 3 is 1.88 bits per heavy atom. The molecule has 1 aliphatic heterocycles. The van der Waals surface area contributed by atoms with Crippen molar-refractivity contribution in [3.63, 3.8) is 0 Å². The molecule has 1 aliphatic rings. The van der Waals surface area contributed by atoms with E-state index in [2.05, 4.69) is 36.1 Å². The zero-order chi connectivity index (χ0) is 23.7. The van der Waals surface area contributed by atoms with E-state index in [1.54, 1.807) is 26.4 Å². The Hall–Kier alpha value is -3.59. The lowest BCUT2D eigenvalue weighted by atomic mass is 10.1. The van der Waals surface area contributed by atoms with E-state index in [1.807, 2.05) is 11.0 Å². The number of carboxylic acids is 2. The van der Waals surface area contributed by atoms with Gasteiger partial charge in [-0.3, -0.25) is 9.69 Å². The van der Waals surface area contributed by atoms with Crippen LogP contribution in [-0.2, 0) is 16.1 Å². The van der Waals surface area contributed by atoms with Crippen molar-refractivity contribution < 1.29 is 34.1 Å². The first-order chi connectivity index (χ1) is 15.3. The van der Waals surface area contributed by atoms with Gasteiger partial charge in [0.25, 0.3) is 5.91 Å². The zero-order valence-electron chi connectivity index (χ0n) is 18.4. The molecule has 0 saturated carbocycles. The van der Waals surface area contributed by atoms with Gasteiger partial charge in [0.2, 0.25) is 0 Å². The van der Waals surface area contributed by atoms with Crippen LogP contribution in [0.1, 0.15) is 21.5 Å². The molecule has 0 bridgehead atoms. The van der Waals surface area contributed by atoms with E-state index in [0.29, 0.717) is 30.2 Å². The number of benzene rings is 2. The van der Waals surface area contributed by atoms with E-state index in [0.717, 1.165) is 19.6 Å². The second kappa shape index (κ2) is 11.7. The Labute approximate surface area is 186 Å². The fraction of sp³-hybridized carbons (Fsp3) is 0.348. The molecule has 0 aromatic heterocycles. The summed E-state index contributed by atoms with van der Waals surface area (Å²) >= 11 is 0. The van der Waals surface area contributed by atoms with Gasteiger partial charge in [-0.2, -0.15) is 0 Å². The van der Waals surface area contributed by atoms with Crippen LogP contribution in [0, 0.1) is 6.92 Å². The number of methoxy groups -OCH3 is 2. The van der Waals surface area contributed by atoms with Gasteiger partial charge in [-0.1, -0.05) is 35.9 Å². The van der Waals surface area contributed by atoms with Gasteiger partial charge < -0.3 is 24.6 Å². The monoisotopic (exact) mass is 444 g/mol. The Morgan fingerprint density at radius 2 is 1.41 bits per heavy atom. The highest BCUT2D eigenvalue weighted by Gasteiger charge is 2.27. The smallest absolute Gasteiger partial charge is 0.414 e. The lowest BCUT2D eigenvalue weighted by molar-refractivity contribution is -0.159. The summed E-state index contributed by atoms with van der Waals surface area (Å²) in [5, 5.41) is 14.8. The molecule has 0 aliphatic carbocycles. The Balaban J connectivity index is 0.000000534. The van der Waals surface area contributed by atoms with E-state index in [9.17, 15) is 4.79 Å². The summed E-state index contributed by atoms with van der Waals surface area (Å²) in [5.74, 6) is -2.58. The second-order valence-corrected chi connectivity index (χ2v) is 7.21. The van der Waals surface area contributed by atoms with E-state index in [-0.39, 0.29) is 5.91 Å². The first-order valence-corrected chi connectivity index (χ1v) is 10.0. The molecule has 3 rings (SSSR count). The largest absolute Gasteiger partial charge is 0.496 e. The quantitative estimate of drug-likeness (QED) is 0.674. The van der Waals surface area contributed by atoms with E-state index in [4.69, 9.17) is 29.3 Å². The van der Waals surface area contributed by atoms with Gasteiger partial charge in [-0.25, -0.2) is 9.59 Å². The van der Waals surface area contributed by atoms with Crippen LogP contribution in [0.15, 0.2) is 42.5 Å². The average Bonchev–Trinajstić information content (AvgIpc) is 2.79. The third-order valence-corrected chi connectivity index (χ3v) is 4.97. The highest BCUT2D eigenvalue weighted by Crippen LogP contribution is 2.30. The molecule has 172 valence electrons. The molecule has 1 fully saturated rings. The van der Waals surface area contributed by atoms with Crippen LogP contribution in [0.2, 0.25) is 0 Å². The molecule has 32 heavy (non-hydrogen) atoms. The summed E-state index contributed by atoms with van der Waals surface area (Å²) in [6, 6.07) is 14.0. The maximum atomic E-state index is 13.0. The van der Waals surface area contributed by atoms with Crippen LogP contribution >= 0.6 is 0 Å². The number of rotatable bonds is 5. The minimum absolute atomic E-state index is 0.0329. The Kier molecular flexibility index (Phi) is 9.03. The number of aryl methyl sites for hydroxylation is 1. The molecular weight excluding hydrogens is 416 g/mol. The predicted octanol–water partition coefficient (Wildman–Crippen LogP) is 2.13. The molecule has 0 unspecified atom stereocenters. The molecule has 9 nitrogen and oxygen atoms in total. The molecule has 2 aromatic carbocycles. The SMILES string of the molecule is COc1cccc(OC)c1C(=O)N1CCN(Cc2cccc(C)c2)CC1.O=C(O)C(=O)O. The molecule has 0 atom stereocenters. The summed E-state index contributed by atoms with van der Waals surface area (Å²) < 4.78 is 10.7. The average molecular weight is 444 g/mol. The highest BCUT2D eigenvalue weighted by molar-refractivity contribution is 6.27. The third-order valence-electron chi connectivity index (χ3n) is 4.97. The Morgan fingerprint density at radius 1 is 0.875 bits per heavy atom. The van der Waals surface area contributed by atoms with Gasteiger partial charge in [-0.15, -0.1) is 0 Å². The van der Waals surface area contributed by atoms with Crippen LogP contribution in [-0.4, -0.2) is 78.3 Å². The molecule has 0 spiro atoms. The van der Waals surface area contributed by atoms with Crippen molar-refractivity contribution in [3.05, 3.63) is 59.2 Å². The number of carboxylic acid groups (broad SMARTS) is 2. The summed E-state index contributed by atoms with van der Waals surface area (Å²) in [6.07, 6.45) is 0. The van der Waals surface area contributed by atoms with Crippen molar-refractivity contribution in [2.75, 3.05) is 40.4 Å². The predicted molar refractivity (Wildman–Crippen MR) is 117 cm³/mol. The minimum Gasteiger partial charge on any atom is -0.496 e. The van der Waals surface area contributed by atoms with Crippen LogP contribution in [0.5, 0.6) is 11.5 Å². The number of carbonyl (C=O) groups is 3. The minimum atomic E-state index is -1.82. The summed E-state index contributed by atoms with van der Waals surface area (Å²) in [5.41, 5.74) is 3.10. The lowest BCUT2D eigenvalue weighted by Gasteiger charge is -2.35. The topological polar surface area (TPSA) is 117 Å². The van der Waals surface area contributed by atoms with Gasteiger partial charge in [-0.05, 0) is 24.6 Å². The molecule has 1 amide bonds. The van der Waals surface area contributed by atoms with Crippen LogP contribution in [0.3, 0.4) is 0 Å². The van der Waals surface area contributed by atoms with E-state index >= 15 is 0 Å². The van der Waals surface area contributed by atoms with E-state index < -0.39 is 11.9 Å². The number of piperazine rings is 1. The van der Waals surface area contributed by atoms with Gasteiger partial charge in [0.15, 0.2) is 0 Å². The van der Waals surface area contributed by atoms with Crippen molar-refractivity contribution in [3.8, 4) is 11.5 Å². The van der Waals surface area contributed by atoms with Gasteiger partial charge in [0.05, 0.1) is 14.2 Å². The maximum Gasteiger partial charge on any atom is 0.414 e. The van der Waals surface area contributed by atoms with Crippen LogP contribution < -0.4 is 9.47 Å². The summed E-state index contributed by atoms with van der Waals surface area (Å²) in [4.78, 5) is 35.5. The van der Waals surface area contributed by atoms with Gasteiger partial charge in [0.1, 0.15) is 17.1 Å². The fourth-order valence-electron chi connectivity index (χ4n) is 3.40. The standard InChI is InChI=1S/C21H26N2O3.C2H2O4/c1-16-6-4-7-17(14-16)15-22-10-12-23(13-11-22)21(24)20-18(25-2)8-5-9-19(20)26-3;3-1(4)2(5)6/h4-9,14H,10-13,15H2,1-3H3;(H,3,4)(H,5,6). The first-order valence-electron chi connectivity index (χ1n) is 10.0. The fourth-order valence-corrected chi connectivity index (χ4v) is 3.40. The van der Waals surface area contributed by atoms with Crippen molar-refractivity contribution >= 4 is 17.8 Å². The summed E-state index contributed by atoms with van der Waals surface area (Å²) in [7, 11) is 3.15.